The number of hydrogen-bond donors (Lipinski definition) is 2. The van der Waals surface area contributed by atoms with E-state index in [9.17, 15) is 15.0 Å². The molecule has 2 fully saturated rings. The monoisotopic (exact) mass is 298 g/mol. The molecule has 1 saturated carbocycles. The number of fused-ring (bicyclic) bond motifs is 1. The van der Waals surface area contributed by atoms with E-state index in [1.165, 1.54) is 0 Å². The van der Waals surface area contributed by atoms with Crippen molar-refractivity contribution < 1.29 is 19.7 Å². The van der Waals surface area contributed by atoms with Crippen LogP contribution in [0.4, 0.5) is 0 Å². The Morgan fingerprint density at radius 3 is 2.77 bits per heavy atom. The fourth-order valence-corrected chi connectivity index (χ4v) is 2.79. The Labute approximate surface area is 89.4 Å². The molecule has 4 nitrogen and oxygen atoms in total. The first-order valence-electron chi connectivity index (χ1n) is 4.32. The third-order valence-corrected chi connectivity index (χ3v) is 4.16. The highest BCUT2D eigenvalue weighted by Gasteiger charge is 2.50. The van der Waals surface area contributed by atoms with Gasteiger partial charge in [0.15, 0.2) is 6.10 Å². The fourth-order valence-electron chi connectivity index (χ4n) is 2.02. The normalized spacial score (nSPS) is 50.1. The Kier molecular flexibility index (Phi) is 2.50. The van der Waals surface area contributed by atoms with Gasteiger partial charge in [0.25, 0.3) is 0 Å². The number of halogens is 1. The molecule has 5 heteroatoms. The van der Waals surface area contributed by atoms with Gasteiger partial charge in [-0.25, -0.2) is 4.79 Å². The highest BCUT2D eigenvalue weighted by molar-refractivity contribution is 14.1. The Morgan fingerprint density at radius 2 is 2.08 bits per heavy atom. The summed E-state index contributed by atoms with van der Waals surface area (Å²) in [6.07, 6.45) is -0.555. The molecule has 1 aliphatic heterocycles. The largest absolute Gasteiger partial charge is 0.457 e. The van der Waals surface area contributed by atoms with Gasteiger partial charge in [-0.15, -0.1) is 0 Å². The molecule has 0 radical (unpaired) electrons. The molecule has 0 bridgehead atoms. The van der Waals surface area contributed by atoms with Crippen LogP contribution in [0.5, 0.6) is 0 Å². The highest BCUT2D eigenvalue weighted by atomic mass is 127. The Bertz CT molecular complexity index is 232. The molecule has 0 aromatic rings. The molecule has 1 heterocycles. The van der Waals surface area contributed by atoms with Gasteiger partial charge in [0.1, 0.15) is 12.2 Å². The number of rotatable bonds is 0. The van der Waals surface area contributed by atoms with Crippen molar-refractivity contribution >= 4 is 28.6 Å². The molecule has 2 rings (SSSR count). The van der Waals surface area contributed by atoms with Crippen LogP contribution in [0.3, 0.4) is 0 Å². The van der Waals surface area contributed by atoms with Crippen LogP contribution < -0.4 is 0 Å². The molecule has 2 aliphatic rings. The maximum absolute atomic E-state index is 11.0. The minimum absolute atomic E-state index is 0.122. The predicted molar refractivity (Wildman–Crippen MR) is 52.4 cm³/mol. The van der Waals surface area contributed by atoms with Crippen molar-refractivity contribution in [2.75, 3.05) is 0 Å². The van der Waals surface area contributed by atoms with Crippen molar-refractivity contribution in [1.82, 2.24) is 0 Å². The molecule has 2 N–H and O–H groups in total. The van der Waals surface area contributed by atoms with E-state index in [4.69, 9.17) is 4.74 Å². The van der Waals surface area contributed by atoms with Gasteiger partial charge >= 0.3 is 5.97 Å². The molecule has 5 atom stereocenters. The highest BCUT2D eigenvalue weighted by Crippen LogP contribution is 2.38. The van der Waals surface area contributed by atoms with Gasteiger partial charge in [-0.3, -0.25) is 0 Å². The Morgan fingerprint density at radius 1 is 1.38 bits per heavy atom. The van der Waals surface area contributed by atoms with Crippen LogP contribution in [0.25, 0.3) is 0 Å². The lowest BCUT2D eigenvalue weighted by Crippen LogP contribution is -2.44. The average Bonchev–Trinajstić information content (AvgIpc) is 2.38. The zero-order valence-electron chi connectivity index (χ0n) is 6.89. The van der Waals surface area contributed by atoms with Gasteiger partial charge in [-0.1, -0.05) is 22.6 Å². The first kappa shape index (κ1) is 9.67. The predicted octanol–water partition coefficient (Wildman–Crippen LogP) is -0.153. The van der Waals surface area contributed by atoms with Crippen molar-refractivity contribution in [1.29, 1.82) is 0 Å². The SMILES string of the molecule is O=C1O[C@H]2[C@H](O)[C@@H](I)CC[C@H]2[C@H]1O. The molecular formula is C8H11IO4. The standard InChI is InChI=1S/C8H11IO4/c9-4-2-1-3-5(10)8(12)13-7(3)6(4)11/h3-7,10-11H,1-2H2/t3-,4-,5+,6+,7+/m0/s1. The van der Waals surface area contributed by atoms with Crippen LogP contribution in [0.15, 0.2) is 0 Å². The first-order valence-corrected chi connectivity index (χ1v) is 5.56. The number of alkyl halides is 1. The summed E-state index contributed by atoms with van der Waals surface area (Å²) >= 11 is 2.15. The summed E-state index contributed by atoms with van der Waals surface area (Å²) in [5.41, 5.74) is 0. The van der Waals surface area contributed by atoms with Crippen molar-refractivity contribution in [2.45, 2.75) is 35.1 Å². The van der Waals surface area contributed by atoms with Crippen molar-refractivity contribution in [3.8, 4) is 0 Å². The summed E-state index contributed by atoms with van der Waals surface area (Å²) in [6, 6.07) is 0. The lowest BCUT2D eigenvalue weighted by atomic mass is 9.83. The summed E-state index contributed by atoms with van der Waals surface area (Å²) in [6.45, 7) is 0. The van der Waals surface area contributed by atoms with E-state index >= 15 is 0 Å². The van der Waals surface area contributed by atoms with Gasteiger partial charge in [0.2, 0.25) is 0 Å². The quantitative estimate of drug-likeness (QED) is 0.371. The number of esters is 1. The molecule has 0 aromatic carbocycles. The van der Waals surface area contributed by atoms with E-state index in [1.54, 1.807) is 0 Å². The zero-order chi connectivity index (χ0) is 9.59. The van der Waals surface area contributed by atoms with Crippen molar-refractivity contribution in [3.05, 3.63) is 0 Å². The van der Waals surface area contributed by atoms with Crippen LogP contribution in [0, 0.1) is 5.92 Å². The summed E-state index contributed by atoms with van der Waals surface area (Å²) in [5.74, 6) is -0.784. The second kappa shape index (κ2) is 3.36. The summed E-state index contributed by atoms with van der Waals surface area (Å²) in [7, 11) is 0. The van der Waals surface area contributed by atoms with Crippen molar-refractivity contribution in [2.24, 2.45) is 5.92 Å². The van der Waals surface area contributed by atoms with E-state index in [0.29, 0.717) is 0 Å². The third-order valence-electron chi connectivity index (χ3n) is 2.80. The first-order chi connectivity index (χ1) is 6.11. The Balaban J connectivity index is 2.17. The van der Waals surface area contributed by atoms with Crippen LogP contribution in [-0.4, -0.2) is 38.4 Å². The van der Waals surface area contributed by atoms with Crippen LogP contribution in [0.1, 0.15) is 12.8 Å². The summed E-state index contributed by atoms with van der Waals surface area (Å²) in [4.78, 5) is 11.0. The molecule has 13 heavy (non-hydrogen) atoms. The summed E-state index contributed by atoms with van der Waals surface area (Å²) in [5, 5.41) is 19.1. The molecule has 1 saturated heterocycles. The van der Waals surface area contributed by atoms with E-state index in [-0.39, 0.29) is 9.84 Å². The van der Waals surface area contributed by atoms with E-state index < -0.39 is 24.3 Å². The number of aliphatic hydroxyl groups excluding tert-OH is 2. The second-order valence-electron chi connectivity index (χ2n) is 3.59. The molecule has 74 valence electrons. The van der Waals surface area contributed by atoms with Gasteiger partial charge in [0, 0.05) is 9.84 Å². The van der Waals surface area contributed by atoms with E-state index in [1.807, 2.05) is 0 Å². The van der Waals surface area contributed by atoms with Crippen LogP contribution in [0.2, 0.25) is 0 Å². The minimum Gasteiger partial charge on any atom is -0.457 e. The van der Waals surface area contributed by atoms with Crippen LogP contribution in [-0.2, 0) is 9.53 Å². The smallest absolute Gasteiger partial charge is 0.335 e. The number of carbonyl (C=O) groups is 1. The van der Waals surface area contributed by atoms with Crippen molar-refractivity contribution in [3.63, 3.8) is 0 Å². The minimum atomic E-state index is -1.02. The van der Waals surface area contributed by atoms with E-state index in [0.717, 1.165) is 12.8 Å². The maximum Gasteiger partial charge on any atom is 0.335 e. The zero-order valence-corrected chi connectivity index (χ0v) is 9.05. The van der Waals surface area contributed by atoms with Crippen LogP contribution >= 0.6 is 22.6 Å². The molecule has 0 spiro atoms. The molecule has 0 aromatic heterocycles. The number of carbonyl (C=O) groups excluding carboxylic acids is 1. The molecular weight excluding hydrogens is 287 g/mol. The van der Waals surface area contributed by atoms with Gasteiger partial charge in [-0.05, 0) is 12.8 Å². The number of hydrogen-bond acceptors (Lipinski definition) is 4. The topological polar surface area (TPSA) is 66.8 Å². The second-order valence-corrected chi connectivity index (χ2v) is 5.19. The molecule has 0 unspecified atom stereocenters. The lowest BCUT2D eigenvalue weighted by Gasteiger charge is -2.32. The molecule has 1 aliphatic carbocycles. The van der Waals surface area contributed by atoms with E-state index in [2.05, 4.69) is 22.6 Å². The third kappa shape index (κ3) is 1.46. The van der Waals surface area contributed by atoms with Gasteiger partial charge < -0.3 is 14.9 Å². The van der Waals surface area contributed by atoms with Gasteiger partial charge in [0.05, 0.1) is 0 Å². The summed E-state index contributed by atoms with van der Waals surface area (Å²) < 4.78 is 5.04. The fraction of sp³-hybridized carbons (Fsp3) is 0.875. The molecule has 0 amide bonds. The van der Waals surface area contributed by atoms with Gasteiger partial charge in [-0.2, -0.15) is 0 Å². The maximum atomic E-state index is 11.0. The Hall–Kier alpha value is 0.120. The number of aliphatic hydroxyl groups is 2. The lowest BCUT2D eigenvalue weighted by molar-refractivity contribution is -0.150. The average molecular weight is 298 g/mol. The number of ether oxygens (including phenoxy) is 1.